The molecule has 1 heterocycles. The number of hydrogen-bond donors (Lipinski definition) is 2. The number of carbonyl (C=O) groups excluding carboxylic acids is 1. The smallest absolute Gasteiger partial charge is 0.355 e. The minimum atomic E-state index is -4.31. The lowest BCUT2D eigenvalue weighted by atomic mass is 10.4. The second-order valence-electron chi connectivity index (χ2n) is 3.17. The highest BCUT2D eigenvalue weighted by Crippen LogP contribution is 2.11. The maximum absolute atomic E-state index is 11.7. The van der Waals surface area contributed by atoms with Gasteiger partial charge in [-0.1, -0.05) is 5.16 Å². The molecule has 0 aliphatic rings. The molecule has 1 rings (SSSR count). The Bertz CT molecular complexity index is 339. The Balaban J connectivity index is 2.05. The van der Waals surface area contributed by atoms with Crippen molar-refractivity contribution >= 4 is 5.91 Å². The molecule has 1 amide bonds. The van der Waals surface area contributed by atoms with Gasteiger partial charge in [0.05, 0.1) is 13.1 Å². The zero-order valence-electron chi connectivity index (χ0n) is 8.75. The van der Waals surface area contributed by atoms with E-state index >= 15 is 0 Å². The number of alkyl halides is 3. The van der Waals surface area contributed by atoms with Crippen molar-refractivity contribution < 1.29 is 22.5 Å². The van der Waals surface area contributed by atoms with Gasteiger partial charge in [-0.25, -0.2) is 0 Å². The maximum atomic E-state index is 11.7. The van der Waals surface area contributed by atoms with Crippen LogP contribution in [0.25, 0.3) is 0 Å². The van der Waals surface area contributed by atoms with Crippen molar-refractivity contribution in [1.29, 1.82) is 0 Å². The predicted octanol–water partition coefficient (Wildman–Crippen LogP) is -0.120. The molecule has 96 valence electrons. The topological polar surface area (TPSA) is 80.0 Å². The van der Waals surface area contributed by atoms with Gasteiger partial charge in [-0.05, 0) is 0 Å². The van der Waals surface area contributed by atoms with Crippen LogP contribution in [-0.2, 0) is 11.2 Å². The average molecular weight is 252 g/mol. The van der Waals surface area contributed by atoms with Crippen LogP contribution < -0.4 is 10.6 Å². The summed E-state index contributed by atoms with van der Waals surface area (Å²) < 4.78 is 39.6. The Morgan fingerprint density at radius 3 is 2.82 bits per heavy atom. The number of nitrogens with one attached hydrogen (secondary N) is 2. The van der Waals surface area contributed by atoms with Crippen molar-refractivity contribution in [1.82, 2.24) is 20.8 Å². The summed E-state index contributed by atoms with van der Waals surface area (Å²) in [5, 5.41) is 7.90. The molecule has 0 saturated carbocycles. The lowest BCUT2D eigenvalue weighted by Gasteiger charge is -2.08. The van der Waals surface area contributed by atoms with Gasteiger partial charge >= 0.3 is 6.18 Å². The van der Waals surface area contributed by atoms with Gasteiger partial charge in [0, 0.05) is 13.0 Å². The van der Waals surface area contributed by atoms with Crippen LogP contribution in [0, 0.1) is 0 Å². The molecule has 1 aromatic heterocycles. The third-order valence-corrected chi connectivity index (χ3v) is 1.69. The zero-order valence-corrected chi connectivity index (χ0v) is 8.75. The number of aromatic nitrogens is 2. The highest BCUT2D eigenvalue weighted by atomic mass is 19.4. The van der Waals surface area contributed by atoms with Crippen molar-refractivity contribution in [2.24, 2.45) is 0 Å². The van der Waals surface area contributed by atoms with Crippen molar-refractivity contribution in [2.45, 2.75) is 12.6 Å². The Labute approximate surface area is 94.6 Å². The molecule has 0 aliphatic heterocycles. The van der Waals surface area contributed by atoms with Crippen LogP contribution in [0.1, 0.15) is 5.82 Å². The highest BCUT2D eigenvalue weighted by molar-refractivity contribution is 5.77. The number of halogens is 3. The number of rotatable bonds is 6. The largest absolute Gasteiger partial charge is 0.401 e. The number of carbonyl (C=O) groups is 1. The van der Waals surface area contributed by atoms with E-state index in [9.17, 15) is 18.0 Å². The minimum absolute atomic E-state index is 0.242. The second-order valence-corrected chi connectivity index (χ2v) is 3.17. The SMILES string of the molecule is O=C(CNCC(F)(F)F)NCCc1ncon1. The van der Waals surface area contributed by atoms with E-state index in [-0.39, 0.29) is 13.1 Å². The Morgan fingerprint density at radius 2 is 2.24 bits per heavy atom. The summed E-state index contributed by atoms with van der Waals surface area (Å²) in [6.45, 7) is -1.33. The molecule has 0 spiro atoms. The van der Waals surface area contributed by atoms with Crippen molar-refractivity contribution in [3.63, 3.8) is 0 Å². The van der Waals surface area contributed by atoms with Gasteiger partial charge in [0.25, 0.3) is 0 Å². The molecule has 0 radical (unpaired) electrons. The molecule has 0 bridgehead atoms. The van der Waals surface area contributed by atoms with Crippen molar-refractivity contribution in [3.05, 3.63) is 12.2 Å². The molecule has 6 nitrogen and oxygen atoms in total. The average Bonchev–Trinajstić information content (AvgIpc) is 2.68. The standard InChI is InChI=1S/C8H11F3N4O2/c9-8(10,11)4-12-3-7(16)13-2-1-6-14-5-17-15-6/h5,12H,1-4H2,(H,13,16). The fraction of sp³-hybridized carbons (Fsp3) is 0.625. The van der Waals surface area contributed by atoms with Crippen LogP contribution in [0.5, 0.6) is 0 Å². The summed E-state index contributed by atoms with van der Waals surface area (Å²) in [7, 11) is 0. The van der Waals surface area contributed by atoms with Gasteiger partial charge in [-0.3, -0.25) is 4.79 Å². The molecule has 2 N–H and O–H groups in total. The van der Waals surface area contributed by atoms with E-state index in [1.54, 1.807) is 0 Å². The summed E-state index contributed by atoms with van der Waals surface area (Å²) in [5.41, 5.74) is 0. The van der Waals surface area contributed by atoms with E-state index in [2.05, 4.69) is 20.0 Å². The van der Waals surface area contributed by atoms with Crippen LogP contribution in [0.15, 0.2) is 10.9 Å². The van der Waals surface area contributed by atoms with E-state index in [1.165, 1.54) is 0 Å². The summed E-state index contributed by atoms with van der Waals surface area (Å²) in [6, 6.07) is 0. The molecule has 9 heteroatoms. The number of nitrogens with zero attached hydrogens (tertiary/aromatic N) is 2. The van der Waals surface area contributed by atoms with Gasteiger partial charge in [0.15, 0.2) is 5.82 Å². The summed E-state index contributed by atoms with van der Waals surface area (Å²) >= 11 is 0. The monoisotopic (exact) mass is 252 g/mol. The van der Waals surface area contributed by atoms with Gasteiger partial charge < -0.3 is 15.2 Å². The maximum Gasteiger partial charge on any atom is 0.401 e. The summed E-state index contributed by atoms with van der Waals surface area (Å²) in [5.74, 6) is -0.0914. The molecule has 0 atom stereocenters. The number of hydrogen-bond acceptors (Lipinski definition) is 5. The fourth-order valence-corrected chi connectivity index (χ4v) is 0.997. The van der Waals surface area contributed by atoms with E-state index in [1.807, 2.05) is 5.32 Å². The summed E-state index contributed by atoms with van der Waals surface area (Å²) in [6.07, 6.45) is -2.80. The van der Waals surface area contributed by atoms with Gasteiger partial charge in [-0.15, -0.1) is 0 Å². The van der Waals surface area contributed by atoms with Crippen molar-refractivity contribution in [2.75, 3.05) is 19.6 Å². The van der Waals surface area contributed by atoms with E-state index in [4.69, 9.17) is 0 Å². The van der Waals surface area contributed by atoms with Crippen LogP contribution in [0.2, 0.25) is 0 Å². The van der Waals surface area contributed by atoms with Crippen molar-refractivity contribution in [3.8, 4) is 0 Å². The zero-order chi connectivity index (χ0) is 12.7. The molecule has 0 aromatic carbocycles. The van der Waals surface area contributed by atoms with Gasteiger partial charge in [0.1, 0.15) is 0 Å². The normalized spacial score (nSPS) is 11.5. The Hall–Kier alpha value is -1.64. The Kier molecular flexibility index (Phi) is 4.88. The molecule has 17 heavy (non-hydrogen) atoms. The van der Waals surface area contributed by atoms with E-state index < -0.39 is 18.6 Å². The third-order valence-electron chi connectivity index (χ3n) is 1.69. The highest BCUT2D eigenvalue weighted by Gasteiger charge is 2.26. The van der Waals surface area contributed by atoms with Crippen LogP contribution in [0.3, 0.4) is 0 Å². The minimum Gasteiger partial charge on any atom is -0.355 e. The lowest BCUT2D eigenvalue weighted by molar-refractivity contribution is -0.128. The molecule has 0 unspecified atom stereocenters. The van der Waals surface area contributed by atoms with Gasteiger partial charge in [0.2, 0.25) is 12.3 Å². The van der Waals surface area contributed by atoms with E-state index in [0.29, 0.717) is 12.2 Å². The predicted molar refractivity (Wildman–Crippen MR) is 49.9 cm³/mol. The Morgan fingerprint density at radius 1 is 1.47 bits per heavy atom. The molecular formula is C8H11F3N4O2. The van der Waals surface area contributed by atoms with Crippen LogP contribution in [0.4, 0.5) is 13.2 Å². The van der Waals surface area contributed by atoms with Crippen LogP contribution in [-0.4, -0.2) is 41.9 Å². The van der Waals surface area contributed by atoms with Gasteiger partial charge in [-0.2, -0.15) is 18.2 Å². The summed E-state index contributed by atoms with van der Waals surface area (Å²) in [4.78, 5) is 14.8. The van der Waals surface area contributed by atoms with Crippen LogP contribution >= 0.6 is 0 Å². The first-order valence-electron chi connectivity index (χ1n) is 4.77. The molecule has 1 aromatic rings. The molecule has 0 aliphatic carbocycles. The lowest BCUT2D eigenvalue weighted by Crippen LogP contribution is -2.38. The number of amides is 1. The molecule has 0 fully saturated rings. The second kappa shape index (κ2) is 6.18. The first kappa shape index (κ1) is 13.4. The molecular weight excluding hydrogens is 241 g/mol. The third kappa shape index (κ3) is 6.51. The first-order chi connectivity index (χ1) is 7.97. The molecule has 0 saturated heterocycles. The quantitative estimate of drug-likeness (QED) is 0.737. The fourth-order valence-electron chi connectivity index (χ4n) is 0.997. The first-order valence-corrected chi connectivity index (χ1v) is 4.77. The van der Waals surface area contributed by atoms with E-state index in [0.717, 1.165) is 6.39 Å².